The first-order valence-electron chi connectivity index (χ1n) is 5.48. The van der Waals surface area contributed by atoms with Gasteiger partial charge in [-0.15, -0.1) is 11.8 Å². The van der Waals surface area contributed by atoms with Crippen LogP contribution in [0.2, 0.25) is 5.02 Å². The molecular formula is C12H14ClNO4S. The molecule has 5 nitrogen and oxygen atoms in total. The Hall–Kier alpha value is -1.27. The van der Waals surface area contributed by atoms with Gasteiger partial charge in [0.1, 0.15) is 10.6 Å². The van der Waals surface area contributed by atoms with E-state index in [2.05, 4.69) is 0 Å². The number of carbonyl (C=O) groups excluding carboxylic acids is 1. The molecule has 0 heterocycles. The highest BCUT2D eigenvalue weighted by Gasteiger charge is 2.21. The molecule has 104 valence electrons. The number of carbonyl (C=O) groups is 1. The van der Waals surface area contributed by atoms with Gasteiger partial charge in [-0.05, 0) is 32.9 Å². The summed E-state index contributed by atoms with van der Waals surface area (Å²) in [6.45, 7) is 5.28. The van der Waals surface area contributed by atoms with Gasteiger partial charge in [-0.3, -0.25) is 14.9 Å². The fourth-order valence-corrected chi connectivity index (χ4v) is 2.42. The van der Waals surface area contributed by atoms with Crippen molar-refractivity contribution in [1.29, 1.82) is 0 Å². The molecule has 0 radical (unpaired) electrons. The van der Waals surface area contributed by atoms with Gasteiger partial charge in [0.2, 0.25) is 0 Å². The van der Waals surface area contributed by atoms with Crippen molar-refractivity contribution in [2.24, 2.45) is 0 Å². The average molecular weight is 304 g/mol. The number of thioether (sulfide) groups is 1. The third kappa shape index (κ3) is 5.08. The van der Waals surface area contributed by atoms with Crippen molar-refractivity contribution in [3.8, 4) is 0 Å². The minimum atomic E-state index is -0.572. The number of nitro groups is 1. The summed E-state index contributed by atoms with van der Waals surface area (Å²) in [6.07, 6.45) is 0. The number of rotatable bonds is 4. The largest absolute Gasteiger partial charge is 0.459 e. The van der Waals surface area contributed by atoms with Crippen molar-refractivity contribution in [2.75, 3.05) is 5.75 Å². The van der Waals surface area contributed by atoms with Crippen molar-refractivity contribution in [3.05, 3.63) is 33.3 Å². The Labute approximate surface area is 120 Å². The molecule has 0 N–H and O–H groups in total. The number of nitrogens with zero attached hydrogens (tertiary/aromatic N) is 1. The summed E-state index contributed by atoms with van der Waals surface area (Å²) >= 11 is 6.81. The Morgan fingerprint density at radius 3 is 2.63 bits per heavy atom. The van der Waals surface area contributed by atoms with E-state index in [1.54, 1.807) is 32.9 Å². The summed E-state index contributed by atoms with van der Waals surface area (Å²) in [5.74, 6) is -0.426. The molecule has 0 fully saturated rings. The SMILES string of the molecule is CC(C)(C)OC(=O)CSc1cccc(Cl)c1[N+](=O)[O-]. The zero-order valence-corrected chi connectivity index (χ0v) is 12.4. The Morgan fingerprint density at radius 2 is 2.11 bits per heavy atom. The summed E-state index contributed by atoms with van der Waals surface area (Å²) in [7, 11) is 0. The van der Waals surface area contributed by atoms with Gasteiger partial charge in [0, 0.05) is 0 Å². The molecule has 0 spiro atoms. The van der Waals surface area contributed by atoms with Crippen molar-refractivity contribution in [2.45, 2.75) is 31.3 Å². The van der Waals surface area contributed by atoms with E-state index in [1.807, 2.05) is 0 Å². The molecule has 0 saturated heterocycles. The standard InChI is InChI=1S/C12H14ClNO4S/c1-12(2,3)18-10(15)7-19-9-6-4-5-8(13)11(9)14(16)17/h4-6H,7H2,1-3H3. The van der Waals surface area contributed by atoms with E-state index < -0.39 is 16.5 Å². The highest BCUT2D eigenvalue weighted by atomic mass is 35.5. The Morgan fingerprint density at radius 1 is 1.47 bits per heavy atom. The lowest BCUT2D eigenvalue weighted by Crippen LogP contribution is -2.24. The van der Waals surface area contributed by atoms with Gasteiger partial charge >= 0.3 is 11.7 Å². The second-order valence-electron chi connectivity index (χ2n) is 4.72. The molecule has 0 bridgehead atoms. The van der Waals surface area contributed by atoms with E-state index in [9.17, 15) is 14.9 Å². The zero-order valence-electron chi connectivity index (χ0n) is 10.8. The number of ether oxygens (including phenoxy) is 1. The molecule has 19 heavy (non-hydrogen) atoms. The van der Waals surface area contributed by atoms with Crippen molar-refractivity contribution < 1.29 is 14.5 Å². The average Bonchev–Trinajstić information content (AvgIpc) is 2.23. The number of halogens is 1. The van der Waals surface area contributed by atoms with Crippen molar-refractivity contribution in [1.82, 2.24) is 0 Å². The molecule has 0 amide bonds. The van der Waals surface area contributed by atoms with Gasteiger partial charge in [0.15, 0.2) is 0 Å². The number of hydrogen-bond acceptors (Lipinski definition) is 5. The number of para-hydroxylation sites is 1. The molecule has 0 aliphatic carbocycles. The minimum Gasteiger partial charge on any atom is -0.459 e. The minimum absolute atomic E-state index is 0.00154. The molecule has 0 aliphatic heterocycles. The summed E-state index contributed by atoms with van der Waals surface area (Å²) in [4.78, 5) is 22.3. The number of nitro benzene ring substituents is 1. The second kappa shape index (κ2) is 6.25. The smallest absolute Gasteiger partial charge is 0.316 e. The van der Waals surface area contributed by atoms with E-state index in [0.29, 0.717) is 4.90 Å². The van der Waals surface area contributed by atoms with Gasteiger partial charge < -0.3 is 4.74 Å². The molecule has 0 aromatic heterocycles. The summed E-state index contributed by atoms with van der Waals surface area (Å²) < 4.78 is 5.13. The summed E-state index contributed by atoms with van der Waals surface area (Å²) in [5.41, 5.74) is -0.754. The first-order valence-corrected chi connectivity index (χ1v) is 6.84. The maximum Gasteiger partial charge on any atom is 0.316 e. The van der Waals surface area contributed by atoms with Gasteiger partial charge in [-0.1, -0.05) is 17.7 Å². The number of esters is 1. The summed E-state index contributed by atoms with van der Waals surface area (Å²) in [6, 6.07) is 4.60. The lowest BCUT2D eigenvalue weighted by Gasteiger charge is -2.19. The lowest BCUT2D eigenvalue weighted by atomic mass is 10.2. The predicted octanol–water partition coefficient (Wildman–Crippen LogP) is 3.68. The van der Waals surface area contributed by atoms with Crippen molar-refractivity contribution >= 4 is 35.0 Å². The van der Waals surface area contributed by atoms with Crippen LogP contribution in [-0.4, -0.2) is 22.2 Å². The third-order valence-electron chi connectivity index (χ3n) is 1.90. The van der Waals surface area contributed by atoms with Crippen LogP contribution in [0, 0.1) is 10.1 Å². The highest BCUT2D eigenvalue weighted by molar-refractivity contribution is 8.00. The normalized spacial score (nSPS) is 11.2. The van der Waals surface area contributed by atoms with E-state index >= 15 is 0 Å². The molecule has 0 atom stereocenters. The quantitative estimate of drug-likeness (QED) is 0.367. The number of benzene rings is 1. The van der Waals surface area contributed by atoms with Crippen LogP contribution in [0.4, 0.5) is 5.69 Å². The maximum atomic E-state index is 11.6. The van der Waals surface area contributed by atoms with Crippen LogP contribution >= 0.6 is 23.4 Å². The first kappa shape index (κ1) is 15.8. The van der Waals surface area contributed by atoms with Gasteiger partial charge in [-0.25, -0.2) is 0 Å². The second-order valence-corrected chi connectivity index (χ2v) is 6.14. The van der Waals surface area contributed by atoms with E-state index in [0.717, 1.165) is 11.8 Å². The van der Waals surface area contributed by atoms with Crippen LogP contribution in [-0.2, 0) is 9.53 Å². The van der Waals surface area contributed by atoms with Crippen LogP contribution in [0.1, 0.15) is 20.8 Å². The van der Waals surface area contributed by atoms with Gasteiger partial charge in [-0.2, -0.15) is 0 Å². The molecule has 0 saturated carbocycles. The molecule has 0 aliphatic rings. The van der Waals surface area contributed by atoms with Crippen LogP contribution in [0.3, 0.4) is 0 Å². The molecule has 1 aromatic carbocycles. The number of hydrogen-bond donors (Lipinski definition) is 0. The van der Waals surface area contributed by atoms with E-state index in [4.69, 9.17) is 16.3 Å². The van der Waals surface area contributed by atoms with Gasteiger partial charge in [0.25, 0.3) is 0 Å². The summed E-state index contributed by atoms with van der Waals surface area (Å²) in [5, 5.41) is 11.0. The van der Waals surface area contributed by atoms with Crippen LogP contribution in [0.25, 0.3) is 0 Å². The van der Waals surface area contributed by atoms with Crippen LogP contribution in [0.5, 0.6) is 0 Å². The first-order chi connectivity index (χ1) is 8.70. The Bertz CT molecular complexity index is 499. The fourth-order valence-electron chi connectivity index (χ4n) is 1.30. The third-order valence-corrected chi connectivity index (χ3v) is 3.22. The fraction of sp³-hybridized carbons (Fsp3) is 0.417. The zero-order chi connectivity index (χ0) is 14.6. The highest BCUT2D eigenvalue weighted by Crippen LogP contribution is 2.35. The molecule has 1 aromatic rings. The molecule has 1 rings (SSSR count). The molecular weight excluding hydrogens is 290 g/mol. The molecule has 0 unspecified atom stereocenters. The lowest BCUT2D eigenvalue weighted by molar-refractivity contribution is -0.387. The Kier molecular flexibility index (Phi) is 5.20. The molecule has 7 heteroatoms. The van der Waals surface area contributed by atoms with Crippen LogP contribution < -0.4 is 0 Å². The topological polar surface area (TPSA) is 69.4 Å². The van der Waals surface area contributed by atoms with E-state index in [-0.39, 0.29) is 16.5 Å². The maximum absolute atomic E-state index is 11.6. The van der Waals surface area contributed by atoms with E-state index in [1.165, 1.54) is 6.07 Å². The monoisotopic (exact) mass is 303 g/mol. The Balaban J connectivity index is 2.76. The predicted molar refractivity (Wildman–Crippen MR) is 74.7 cm³/mol. The van der Waals surface area contributed by atoms with Gasteiger partial charge in [0.05, 0.1) is 15.6 Å². The van der Waals surface area contributed by atoms with Crippen LogP contribution in [0.15, 0.2) is 23.1 Å². The van der Waals surface area contributed by atoms with Crippen molar-refractivity contribution in [3.63, 3.8) is 0 Å².